The number of hydrogen-bond acceptors (Lipinski definition) is 2. The highest BCUT2D eigenvalue weighted by atomic mass is 19.1. The van der Waals surface area contributed by atoms with Crippen molar-refractivity contribution >= 4 is 11.9 Å². The first-order valence-electron chi connectivity index (χ1n) is 7.66. The monoisotopic (exact) mass is 305 g/mol. The molecule has 1 amide bonds. The summed E-state index contributed by atoms with van der Waals surface area (Å²) < 4.78 is 13.1. The number of carboxylic acids is 1. The molecule has 0 aromatic heterocycles. The Labute approximate surface area is 128 Å². The first kappa shape index (κ1) is 15.0. The summed E-state index contributed by atoms with van der Waals surface area (Å²) in [5.41, 5.74) is -0.599. The van der Waals surface area contributed by atoms with Crippen LogP contribution in [0.1, 0.15) is 38.2 Å². The lowest BCUT2D eigenvalue weighted by Crippen LogP contribution is -2.51. The highest BCUT2D eigenvalue weighted by Gasteiger charge is 2.54. The molecule has 3 rings (SSSR count). The predicted octanol–water partition coefficient (Wildman–Crippen LogP) is 2.57. The van der Waals surface area contributed by atoms with Crippen LogP contribution in [-0.4, -0.2) is 35.0 Å². The van der Waals surface area contributed by atoms with E-state index >= 15 is 0 Å². The second-order valence-electron chi connectivity index (χ2n) is 6.79. The smallest absolute Gasteiger partial charge is 0.311 e. The van der Waals surface area contributed by atoms with Gasteiger partial charge in [0.1, 0.15) is 5.82 Å². The van der Waals surface area contributed by atoms with Crippen molar-refractivity contribution in [3.8, 4) is 0 Å². The molecule has 0 spiro atoms. The molecule has 118 valence electrons. The zero-order valence-corrected chi connectivity index (χ0v) is 12.6. The van der Waals surface area contributed by atoms with Crippen molar-refractivity contribution in [2.24, 2.45) is 5.41 Å². The van der Waals surface area contributed by atoms with E-state index in [0.29, 0.717) is 19.4 Å². The van der Waals surface area contributed by atoms with E-state index in [4.69, 9.17) is 0 Å². The number of likely N-dealkylation sites (tertiary alicyclic amines) is 1. The van der Waals surface area contributed by atoms with Crippen LogP contribution in [0.15, 0.2) is 24.3 Å². The fourth-order valence-corrected chi connectivity index (χ4v) is 3.41. The van der Waals surface area contributed by atoms with Gasteiger partial charge in [-0.25, -0.2) is 4.39 Å². The molecule has 1 aromatic carbocycles. The zero-order valence-electron chi connectivity index (χ0n) is 12.6. The fraction of sp³-hybridized carbons (Fsp3) is 0.529. The van der Waals surface area contributed by atoms with Crippen molar-refractivity contribution in [1.82, 2.24) is 4.90 Å². The van der Waals surface area contributed by atoms with Gasteiger partial charge in [0, 0.05) is 13.1 Å². The fourth-order valence-electron chi connectivity index (χ4n) is 3.41. The minimum absolute atomic E-state index is 0.00807. The Morgan fingerprint density at radius 2 is 1.82 bits per heavy atom. The highest BCUT2D eigenvalue weighted by Crippen LogP contribution is 2.50. The minimum atomic E-state index is -0.868. The van der Waals surface area contributed by atoms with Crippen molar-refractivity contribution in [2.75, 3.05) is 13.1 Å². The molecule has 0 radical (unpaired) electrons. The van der Waals surface area contributed by atoms with Crippen LogP contribution in [0, 0.1) is 11.2 Å². The number of piperidine rings is 1. The molecule has 1 heterocycles. The molecule has 1 aromatic rings. The second kappa shape index (κ2) is 5.07. The molecule has 5 heteroatoms. The summed E-state index contributed by atoms with van der Waals surface area (Å²) in [5, 5.41) is 9.38. The number of amides is 1. The Morgan fingerprint density at radius 3 is 2.36 bits per heavy atom. The quantitative estimate of drug-likeness (QED) is 0.933. The largest absolute Gasteiger partial charge is 0.481 e. The van der Waals surface area contributed by atoms with Gasteiger partial charge in [0.15, 0.2) is 0 Å². The van der Waals surface area contributed by atoms with Crippen LogP contribution in [0.2, 0.25) is 0 Å². The maximum absolute atomic E-state index is 13.1. The van der Waals surface area contributed by atoms with Crippen molar-refractivity contribution in [3.05, 3.63) is 35.6 Å². The SMILES string of the molecule is CC1(C(=O)O)CCCN(C(=O)C2(c3ccc(F)cc3)CC2)C1. The standard InChI is InChI=1S/C17H20FNO3/c1-16(15(21)22)7-2-10-19(11-16)14(20)17(8-9-17)12-3-5-13(18)6-4-12/h3-6H,2,7-11H2,1H3,(H,21,22). The molecule has 2 aliphatic rings. The number of benzene rings is 1. The van der Waals surface area contributed by atoms with Gasteiger partial charge in [-0.15, -0.1) is 0 Å². The average molecular weight is 305 g/mol. The van der Waals surface area contributed by atoms with Crippen molar-refractivity contribution < 1.29 is 19.1 Å². The highest BCUT2D eigenvalue weighted by molar-refractivity contribution is 5.92. The number of rotatable bonds is 3. The maximum Gasteiger partial charge on any atom is 0.311 e. The number of hydrogen-bond donors (Lipinski definition) is 1. The van der Waals surface area contributed by atoms with Gasteiger partial charge in [0.05, 0.1) is 10.8 Å². The van der Waals surface area contributed by atoms with E-state index in [0.717, 1.165) is 18.4 Å². The molecule has 4 nitrogen and oxygen atoms in total. The molecule has 1 N–H and O–H groups in total. The number of halogens is 1. The van der Waals surface area contributed by atoms with Crippen molar-refractivity contribution in [3.63, 3.8) is 0 Å². The molecule has 1 aliphatic carbocycles. The summed E-state index contributed by atoms with van der Waals surface area (Å²) in [5.74, 6) is -1.17. The Kier molecular flexibility index (Phi) is 3.46. The summed E-state index contributed by atoms with van der Waals surface area (Å²) in [4.78, 5) is 26.0. The maximum atomic E-state index is 13.1. The van der Waals surface area contributed by atoms with E-state index in [1.165, 1.54) is 12.1 Å². The Bertz CT molecular complexity index is 609. The van der Waals surface area contributed by atoms with Crippen LogP contribution in [-0.2, 0) is 15.0 Å². The third-order valence-corrected chi connectivity index (χ3v) is 5.06. The van der Waals surface area contributed by atoms with E-state index in [1.807, 2.05) is 0 Å². The summed E-state index contributed by atoms with van der Waals surface area (Å²) in [6, 6.07) is 6.08. The molecule has 1 atom stereocenters. The van der Waals surface area contributed by atoms with Crippen LogP contribution in [0.5, 0.6) is 0 Å². The molecule has 1 unspecified atom stereocenters. The van der Waals surface area contributed by atoms with Gasteiger partial charge >= 0.3 is 5.97 Å². The van der Waals surface area contributed by atoms with Gasteiger partial charge in [-0.3, -0.25) is 9.59 Å². The first-order chi connectivity index (χ1) is 10.4. The van der Waals surface area contributed by atoms with E-state index < -0.39 is 16.8 Å². The second-order valence-corrected chi connectivity index (χ2v) is 6.79. The van der Waals surface area contributed by atoms with Gasteiger partial charge in [-0.2, -0.15) is 0 Å². The summed E-state index contributed by atoms with van der Waals surface area (Å²) in [6.07, 6.45) is 2.79. The van der Waals surface area contributed by atoms with Gasteiger partial charge in [-0.05, 0) is 50.3 Å². The molecule has 22 heavy (non-hydrogen) atoms. The van der Waals surface area contributed by atoms with Crippen LogP contribution < -0.4 is 0 Å². The number of carbonyl (C=O) groups excluding carboxylic acids is 1. The van der Waals surface area contributed by atoms with Crippen molar-refractivity contribution in [1.29, 1.82) is 0 Å². The van der Waals surface area contributed by atoms with Crippen molar-refractivity contribution in [2.45, 2.75) is 38.0 Å². The molecule has 2 fully saturated rings. The number of carbonyl (C=O) groups is 2. The molecule has 0 bridgehead atoms. The van der Waals surface area contributed by atoms with Crippen LogP contribution >= 0.6 is 0 Å². The topological polar surface area (TPSA) is 57.6 Å². The lowest BCUT2D eigenvalue weighted by Gasteiger charge is -2.39. The third-order valence-electron chi connectivity index (χ3n) is 5.06. The number of aliphatic carboxylic acids is 1. The lowest BCUT2D eigenvalue weighted by atomic mass is 9.81. The van der Waals surface area contributed by atoms with Crippen LogP contribution in [0.4, 0.5) is 4.39 Å². The predicted molar refractivity (Wildman–Crippen MR) is 78.9 cm³/mol. The molecule has 1 aliphatic heterocycles. The molecular weight excluding hydrogens is 285 g/mol. The van der Waals surface area contributed by atoms with Crippen LogP contribution in [0.25, 0.3) is 0 Å². The summed E-state index contributed by atoms with van der Waals surface area (Å²) in [6.45, 7) is 2.56. The Balaban J connectivity index is 1.81. The van der Waals surface area contributed by atoms with Gasteiger partial charge in [-0.1, -0.05) is 12.1 Å². The number of nitrogens with zero attached hydrogens (tertiary/aromatic N) is 1. The van der Waals surface area contributed by atoms with Crippen LogP contribution in [0.3, 0.4) is 0 Å². The summed E-state index contributed by atoms with van der Waals surface area (Å²) in [7, 11) is 0. The Hall–Kier alpha value is -1.91. The normalized spacial score (nSPS) is 26.5. The van der Waals surface area contributed by atoms with E-state index in [9.17, 15) is 19.1 Å². The van der Waals surface area contributed by atoms with E-state index in [1.54, 1.807) is 24.0 Å². The molecule has 1 saturated carbocycles. The minimum Gasteiger partial charge on any atom is -0.481 e. The zero-order chi connectivity index (χ0) is 16.0. The Morgan fingerprint density at radius 1 is 1.18 bits per heavy atom. The average Bonchev–Trinajstić information content (AvgIpc) is 3.29. The molecule has 1 saturated heterocycles. The van der Waals surface area contributed by atoms with Gasteiger partial charge in [0.25, 0.3) is 0 Å². The van der Waals surface area contributed by atoms with Gasteiger partial charge in [0.2, 0.25) is 5.91 Å². The number of carboxylic acid groups (broad SMARTS) is 1. The van der Waals surface area contributed by atoms with Gasteiger partial charge < -0.3 is 10.0 Å². The van der Waals surface area contributed by atoms with E-state index in [-0.39, 0.29) is 18.3 Å². The molecular formula is C17H20FNO3. The summed E-state index contributed by atoms with van der Waals surface area (Å²) >= 11 is 0. The first-order valence-corrected chi connectivity index (χ1v) is 7.66. The van der Waals surface area contributed by atoms with E-state index in [2.05, 4.69) is 0 Å². The third kappa shape index (κ3) is 2.38. The lowest BCUT2D eigenvalue weighted by molar-refractivity contribution is -0.154.